The Kier molecular flexibility index (Phi) is 1.63. The monoisotopic (exact) mass is 162 g/mol. The molecule has 0 aliphatic rings. The smallest absolute Gasteiger partial charge is 0.212 e. The second kappa shape index (κ2) is 2.77. The lowest BCUT2D eigenvalue weighted by Gasteiger charge is -1.95. The lowest BCUT2D eigenvalue weighted by molar-refractivity contribution is 0.584. The minimum Gasteiger partial charge on any atom is -0.361 e. The van der Waals surface area contributed by atoms with Crippen LogP contribution < -0.4 is 0 Å². The van der Waals surface area contributed by atoms with E-state index >= 15 is 0 Å². The number of aromatic nitrogens is 2. The molecule has 0 aliphatic heterocycles. The van der Waals surface area contributed by atoms with Gasteiger partial charge < -0.3 is 4.98 Å². The van der Waals surface area contributed by atoms with E-state index in [0.29, 0.717) is 0 Å². The van der Waals surface area contributed by atoms with Crippen molar-refractivity contribution in [3.05, 3.63) is 42.6 Å². The molecule has 0 saturated carbocycles. The minimum atomic E-state index is -0.453. The van der Waals surface area contributed by atoms with E-state index in [4.69, 9.17) is 0 Å². The summed E-state index contributed by atoms with van der Waals surface area (Å²) in [5, 5.41) is 0. The Hall–Kier alpha value is -1.64. The van der Waals surface area contributed by atoms with Gasteiger partial charge in [-0.3, -0.25) is 0 Å². The largest absolute Gasteiger partial charge is 0.361 e. The number of pyridine rings is 1. The lowest BCUT2D eigenvalue weighted by atomic mass is 10.2. The highest BCUT2D eigenvalue weighted by molar-refractivity contribution is 5.57. The first kappa shape index (κ1) is 7.03. The van der Waals surface area contributed by atoms with Gasteiger partial charge in [0.2, 0.25) is 5.95 Å². The third-order valence-electron chi connectivity index (χ3n) is 1.64. The topological polar surface area (TPSA) is 28.7 Å². The number of hydrogen-bond acceptors (Lipinski definition) is 1. The molecule has 0 amide bonds. The Morgan fingerprint density at radius 2 is 2.17 bits per heavy atom. The molecule has 0 aliphatic carbocycles. The molecule has 60 valence electrons. The van der Waals surface area contributed by atoms with Crippen LogP contribution in [-0.2, 0) is 0 Å². The third kappa shape index (κ3) is 1.21. The summed E-state index contributed by atoms with van der Waals surface area (Å²) in [5.41, 5.74) is 1.84. The van der Waals surface area contributed by atoms with Crippen LogP contribution >= 0.6 is 0 Å². The van der Waals surface area contributed by atoms with E-state index in [1.807, 2.05) is 18.3 Å². The molecule has 0 saturated heterocycles. The van der Waals surface area contributed by atoms with Crippen LogP contribution in [0.5, 0.6) is 0 Å². The summed E-state index contributed by atoms with van der Waals surface area (Å²) in [6, 6.07) is 6.83. The van der Waals surface area contributed by atoms with Crippen LogP contribution in [0.3, 0.4) is 0 Å². The van der Waals surface area contributed by atoms with Gasteiger partial charge in [-0.25, -0.2) is 4.98 Å². The van der Waals surface area contributed by atoms with Gasteiger partial charge in [0.1, 0.15) is 0 Å². The first-order chi connectivity index (χ1) is 5.86. The number of nitrogens with zero attached hydrogens (tertiary/aromatic N) is 1. The van der Waals surface area contributed by atoms with Crippen LogP contribution in [-0.4, -0.2) is 9.97 Å². The molecule has 0 spiro atoms. The Bertz CT molecular complexity index is 351. The average molecular weight is 162 g/mol. The Labute approximate surface area is 69.1 Å². The molecule has 2 nitrogen and oxygen atoms in total. The number of aromatic amines is 1. The van der Waals surface area contributed by atoms with Gasteiger partial charge in [-0.2, -0.15) is 4.39 Å². The van der Waals surface area contributed by atoms with Crippen LogP contribution in [0.1, 0.15) is 0 Å². The van der Waals surface area contributed by atoms with Crippen LogP contribution in [0.15, 0.2) is 36.7 Å². The van der Waals surface area contributed by atoms with Crippen molar-refractivity contribution in [2.45, 2.75) is 0 Å². The van der Waals surface area contributed by atoms with Gasteiger partial charge >= 0.3 is 0 Å². The van der Waals surface area contributed by atoms with Crippen molar-refractivity contribution in [3.63, 3.8) is 0 Å². The molecule has 2 rings (SSSR count). The molecule has 0 fully saturated rings. The molecule has 1 N–H and O–H groups in total. The van der Waals surface area contributed by atoms with E-state index in [9.17, 15) is 4.39 Å². The van der Waals surface area contributed by atoms with Gasteiger partial charge in [-0.15, -0.1) is 0 Å². The number of hydrogen-bond donors (Lipinski definition) is 1. The fourth-order valence-electron chi connectivity index (χ4n) is 1.05. The molecular weight excluding hydrogens is 155 g/mol. The maximum Gasteiger partial charge on any atom is 0.212 e. The summed E-state index contributed by atoms with van der Waals surface area (Å²) in [6.07, 6.45) is 3.32. The summed E-state index contributed by atoms with van der Waals surface area (Å²) < 4.78 is 12.4. The lowest BCUT2D eigenvalue weighted by Crippen LogP contribution is -1.82. The maximum absolute atomic E-state index is 12.4. The van der Waals surface area contributed by atoms with Crippen molar-refractivity contribution in [2.75, 3.05) is 0 Å². The zero-order chi connectivity index (χ0) is 8.39. The van der Waals surface area contributed by atoms with Crippen molar-refractivity contribution in [1.29, 1.82) is 0 Å². The zero-order valence-corrected chi connectivity index (χ0v) is 6.29. The molecule has 2 aromatic heterocycles. The van der Waals surface area contributed by atoms with E-state index in [1.54, 1.807) is 6.07 Å². The predicted octanol–water partition coefficient (Wildman–Crippen LogP) is 2.22. The van der Waals surface area contributed by atoms with E-state index in [0.717, 1.165) is 11.3 Å². The van der Waals surface area contributed by atoms with Crippen molar-refractivity contribution >= 4 is 0 Å². The molecule has 0 bridgehead atoms. The molecule has 3 heteroatoms. The predicted molar refractivity (Wildman–Crippen MR) is 44.0 cm³/mol. The quantitative estimate of drug-likeness (QED) is 0.640. The number of H-pyrrole nitrogens is 1. The maximum atomic E-state index is 12.4. The molecule has 2 heterocycles. The molecule has 2 aromatic rings. The highest BCUT2D eigenvalue weighted by atomic mass is 19.1. The van der Waals surface area contributed by atoms with Crippen molar-refractivity contribution < 1.29 is 4.39 Å². The standard InChI is InChI=1S/C9H7FN2/c10-9-4-3-7(6-12-9)8-2-1-5-11-8/h1-6,11H. The molecule has 0 unspecified atom stereocenters. The van der Waals surface area contributed by atoms with Crippen molar-refractivity contribution in [1.82, 2.24) is 9.97 Å². The Morgan fingerprint density at radius 3 is 2.75 bits per heavy atom. The van der Waals surface area contributed by atoms with E-state index < -0.39 is 5.95 Å². The number of nitrogens with one attached hydrogen (secondary N) is 1. The average Bonchev–Trinajstić information content (AvgIpc) is 2.58. The van der Waals surface area contributed by atoms with Crippen LogP contribution in [0.2, 0.25) is 0 Å². The Morgan fingerprint density at radius 1 is 1.25 bits per heavy atom. The van der Waals surface area contributed by atoms with Gasteiger partial charge in [0, 0.05) is 23.7 Å². The fourth-order valence-corrected chi connectivity index (χ4v) is 1.05. The number of rotatable bonds is 1. The van der Waals surface area contributed by atoms with Gasteiger partial charge in [0.05, 0.1) is 0 Å². The Balaban J connectivity index is 2.43. The first-order valence-corrected chi connectivity index (χ1v) is 3.61. The molecular formula is C9H7FN2. The van der Waals surface area contributed by atoms with Crippen molar-refractivity contribution in [3.8, 4) is 11.3 Å². The molecule has 12 heavy (non-hydrogen) atoms. The molecule has 0 atom stereocenters. The highest BCUT2D eigenvalue weighted by Gasteiger charge is 1.97. The normalized spacial score (nSPS) is 10.1. The van der Waals surface area contributed by atoms with Gasteiger partial charge in [-0.05, 0) is 24.3 Å². The third-order valence-corrected chi connectivity index (χ3v) is 1.64. The minimum absolute atomic E-state index is 0.453. The first-order valence-electron chi connectivity index (χ1n) is 3.61. The van der Waals surface area contributed by atoms with Crippen LogP contribution in [0.4, 0.5) is 4.39 Å². The summed E-state index contributed by atoms with van der Waals surface area (Å²) in [5.74, 6) is -0.453. The van der Waals surface area contributed by atoms with E-state index in [1.165, 1.54) is 12.3 Å². The van der Waals surface area contributed by atoms with E-state index in [-0.39, 0.29) is 0 Å². The van der Waals surface area contributed by atoms with E-state index in [2.05, 4.69) is 9.97 Å². The summed E-state index contributed by atoms with van der Waals surface area (Å²) in [6.45, 7) is 0. The number of halogens is 1. The SMILES string of the molecule is Fc1ccc(-c2ccc[nH]2)cn1. The van der Waals surface area contributed by atoms with Crippen LogP contribution in [0.25, 0.3) is 11.3 Å². The van der Waals surface area contributed by atoms with Gasteiger partial charge in [0.15, 0.2) is 0 Å². The summed E-state index contributed by atoms with van der Waals surface area (Å²) >= 11 is 0. The van der Waals surface area contributed by atoms with Crippen molar-refractivity contribution in [2.24, 2.45) is 0 Å². The summed E-state index contributed by atoms with van der Waals surface area (Å²) in [7, 11) is 0. The fraction of sp³-hybridized carbons (Fsp3) is 0. The second-order valence-electron chi connectivity index (χ2n) is 2.45. The highest BCUT2D eigenvalue weighted by Crippen LogP contribution is 2.14. The molecule has 0 radical (unpaired) electrons. The van der Waals surface area contributed by atoms with Crippen LogP contribution in [0, 0.1) is 5.95 Å². The second-order valence-corrected chi connectivity index (χ2v) is 2.45. The van der Waals surface area contributed by atoms with Gasteiger partial charge in [-0.1, -0.05) is 0 Å². The molecule has 0 aromatic carbocycles. The van der Waals surface area contributed by atoms with Gasteiger partial charge in [0.25, 0.3) is 0 Å². The summed E-state index contributed by atoms with van der Waals surface area (Å²) in [4.78, 5) is 6.56. The zero-order valence-electron chi connectivity index (χ0n) is 6.29.